The first kappa shape index (κ1) is 17.0. The van der Waals surface area contributed by atoms with Gasteiger partial charge in [0.25, 0.3) is 11.5 Å². The zero-order valence-electron chi connectivity index (χ0n) is 14.9. The topological polar surface area (TPSA) is 99.2 Å². The Morgan fingerprint density at radius 1 is 1.30 bits per heavy atom. The van der Waals surface area contributed by atoms with Crippen molar-refractivity contribution >= 4 is 5.91 Å². The Bertz CT molecular complexity index is 1070. The summed E-state index contributed by atoms with van der Waals surface area (Å²) in [7, 11) is 1.49. The predicted molar refractivity (Wildman–Crippen MR) is 96.4 cm³/mol. The second-order valence-corrected chi connectivity index (χ2v) is 6.50. The number of amides is 1. The number of nitrogens with one attached hydrogen (secondary N) is 1. The van der Waals surface area contributed by atoms with E-state index in [1.165, 1.54) is 24.7 Å². The standard InChI is InChI=1S/C19H18N4O4/c1-11-7-12-3-4-13(8-16(12)26-11)17-9-14(22-27-17)10-20-19(25)15-5-6-18(24)23(2)21-15/h3-6,8-9,11H,7,10H2,1-2H3,(H,20,25). The maximum atomic E-state index is 12.2. The third kappa shape index (κ3) is 3.46. The van der Waals surface area contributed by atoms with Gasteiger partial charge in [-0.3, -0.25) is 9.59 Å². The highest BCUT2D eigenvalue weighted by Gasteiger charge is 2.20. The van der Waals surface area contributed by atoms with Gasteiger partial charge in [0.05, 0.1) is 6.54 Å². The van der Waals surface area contributed by atoms with E-state index in [0.29, 0.717) is 11.5 Å². The summed E-state index contributed by atoms with van der Waals surface area (Å²) in [5.74, 6) is 1.08. The minimum atomic E-state index is -0.393. The van der Waals surface area contributed by atoms with Gasteiger partial charge in [0.15, 0.2) is 5.76 Å². The largest absolute Gasteiger partial charge is 0.490 e. The number of hydrogen-bond donors (Lipinski definition) is 1. The number of rotatable bonds is 4. The van der Waals surface area contributed by atoms with E-state index in [0.717, 1.165) is 22.4 Å². The molecule has 1 unspecified atom stereocenters. The van der Waals surface area contributed by atoms with Crippen LogP contribution in [0.2, 0.25) is 0 Å². The van der Waals surface area contributed by atoms with Gasteiger partial charge in [-0.25, -0.2) is 4.68 Å². The molecule has 0 radical (unpaired) electrons. The first-order chi connectivity index (χ1) is 13.0. The molecule has 2 aromatic heterocycles. The molecule has 0 bridgehead atoms. The molecule has 3 aromatic rings. The molecule has 1 aliphatic rings. The highest BCUT2D eigenvalue weighted by molar-refractivity contribution is 5.91. The number of carbonyl (C=O) groups excluding carboxylic acids is 1. The number of nitrogens with zero attached hydrogens (tertiary/aromatic N) is 3. The van der Waals surface area contributed by atoms with Crippen molar-refractivity contribution in [2.75, 3.05) is 0 Å². The fraction of sp³-hybridized carbons (Fsp3) is 0.263. The molecular formula is C19H18N4O4. The lowest BCUT2D eigenvalue weighted by Crippen LogP contribution is -2.28. The maximum absolute atomic E-state index is 12.2. The van der Waals surface area contributed by atoms with E-state index >= 15 is 0 Å². The average molecular weight is 366 g/mol. The summed E-state index contributed by atoms with van der Waals surface area (Å²) in [4.78, 5) is 23.5. The Labute approximate surface area is 154 Å². The number of aromatic nitrogens is 3. The average Bonchev–Trinajstić information content (AvgIpc) is 3.26. The summed E-state index contributed by atoms with van der Waals surface area (Å²) >= 11 is 0. The maximum Gasteiger partial charge on any atom is 0.272 e. The molecule has 27 heavy (non-hydrogen) atoms. The van der Waals surface area contributed by atoms with Gasteiger partial charge in [-0.1, -0.05) is 17.3 Å². The van der Waals surface area contributed by atoms with Crippen molar-refractivity contribution in [2.24, 2.45) is 7.05 Å². The Kier molecular flexibility index (Phi) is 4.23. The fourth-order valence-electron chi connectivity index (χ4n) is 2.97. The van der Waals surface area contributed by atoms with Crippen LogP contribution in [0.1, 0.15) is 28.7 Å². The smallest absolute Gasteiger partial charge is 0.272 e. The first-order valence-corrected chi connectivity index (χ1v) is 8.58. The molecule has 0 saturated carbocycles. The molecule has 1 aliphatic heterocycles. The fourth-order valence-corrected chi connectivity index (χ4v) is 2.97. The number of carbonyl (C=O) groups is 1. The van der Waals surface area contributed by atoms with Crippen LogP contribution < -0.4 is 15.6 Å². The van der Waals surface area contributed by atoms with E-state index in [2.05, 4.69) is 15.6 Å². The monoisotopic (exact) mass is 366 g/mol. The second-order valence-electron chi connectivity index (χ2n) is 6.50. The third-order valence-corrected chi connectivity index (χ3v) is 4.37. The van der Waals surface area contributed by atoms with Crippen molar-refractivity contribution in [3.8, 4) is 17.1 Å². The molecule has 1 amide bonds. The Hall–Kier alpha value is -3.42. The van der Waals surface area contributed by atoms with E-state index in [1.807, 2.05) is 25.1 Å². The third-order valence-electron chi connectivity index (χ3n) is 4.37. The highest BCUT2D eigenvalue weighted by atomic mass is 16.5. The molecule has 1 aromatic carbocycles. The van der Waals surface area contributed by atoms with Gasteiger partial charge in [-0.2, -0.15) is 5.10 Å². The van der Waals surface area contributed by atoms with E-state index in [-0.39, 0.29) is 23.9 Å². The normalized spacial score (nSPS) is 15.3. The van der Waals surface area contributed by atoms with Crippen LogP contribution in [0.4, 0.5) is 0 Å². The van der Waals surface area contributed by atoms with Crippen LogP contribution in [-0.2, 0) is 20.0 Å². The van der Waals surface area contributed by atoms with E-state index in [9.17, 15) is 9.59 Å². The predicted octanol–water partition coefficient (Wildman–Crippen LogP) is 1.69. The quantitative estimate of drug-likeness (QED) is 0.754. The van der Waals surface area contributed by atoms with Gasteiger partial charge < -0.3 is 14.6 Å². The molecular weight excluding hydrogens is 348 g/mol. The molecule has 138 valence electrons. The summed E-state index contributed by atoms with van der Waals surface area (Å²) < 4.78 is 12.3. The van der Waals surface area contributed by atoms with Crippen LogP contribution in [0.5, 0.6) is 5.75 Å². The van der Waals surface area contributed by atoms with Gasteiger partial charge >= 0.3 is 0 Å². The number of ether oxygens (including phenoxy) is 1. The van der Waals surface area contributed by atoms with Crippen LogP contribution in [0, 0.1) is 0 Å². The molecule has 0 saturated heterocycles. The molecule has 1 N–H and O–H groups in total. The van der Waals surface area contributed by atoms with Crippen LogP contribution in [0.3, 0.4) is 0 Å². The zero-order chi connectivity index (χ0) is 19.0. The van der Waals surface area contributed by atoms with Gasteiger partial charge in [0, 0.05) is 31.2 Å². The lowest BCUT2D eigenvalue weighted by molar-refractivity contribution is 0.0942. The molecule has 0 spiro atoms. The van der Waals surface area contributed by atoms with Crippen molar-refractivity contribution in [2.45, 2.75) is 26.0 Å². The molecule has 3 heterocycles. The van der Waals surface area contributed by atoms with Crippen molar-refractivity contribution in [1.29, 1.82) is 0 Å². The van der Waals surface area contributed by atoms with Crippen molar-refractivity contribution in [3.63, 3.8) is 0 Å². The minimum absolute atomic E-state index is 0.158. The van der Waals surface area contributed by atoms with Gasteiger partial charge in [-0.05, 0) is 24.6 Å². The summed E-state index contributed by atoms with van der Waals surface area (Å²) in [6.45, 7) is 2.22. The highest BCUT2D eigenvalue weighted by Crippen LogP contribution is 2.33. The van der Waals surface area contributed by atoms with Crippen molar-refractivity contribution in [3.05, 3.63) is 63.7 Å². The summed E-state index contributed by atoms with van der Waals surface area (Å²) in [6.07, 6.45) is 1.09. The van der Waals surface area contributed by atoms with E-state index in [1.54, 1.807) is 6.07 Å². The molecule has 8 nitrogen and oxygen atoms in total. The zero-order valence-corrected chi connectivity index (χ0v) is 14.9. The lowest BCUT2D eigenvalue weighted by Gasteiger charge is -2.03. The number of aryl methyl sites for hydroxylation is 1. The number of fused-ring (bicyclic) bond motifs is 1. The molecule has 0 fully saturated rings. The summed E-state index contributed by atoms with van der Waals surface area (Å²) in [5, 5.41) is 10.6. The van der Waals surface area contributed by atoms with E-state index in [4.69, 9.17) is 9.26 Å². The second kappa shape index (κ2) is 6.71. The Morgan fingerprint density at radius 3 is 2.96 bits per heavy atom. The summed E-state index contributed by atoms with van der Waals surface area (Å²) in [5.41, 5.74) is 2.51. The molecule has 0 aliphatic carbocycles. The Morgan fingerprint density at radius 2 is 2.15 bits per heavy atom. The van der Waals surface area contributed by atoms with Crippen LogP contribution in [0.15, 0.2) is 45.7 Å². The Balaban J connectivity index is 1.44. The molecule has 4 rings (SSSR count). The number of hydrogen-bond acceptors (Lipinski definition) is 6. The van der Waals surface area contributed by atoms with Gasteiger partial charge in [-0.15, -0.1) is 0 Å². The summed E-state index contributed by atoms with van der Waals surface area (Å²) in [6, 6.07) is 10.4. The SMILES string of the molecule is CC1Cc2ccc(-c3cc(CNC(=O)c4ccc(=O)n(C)n4)no3)cc2O1. The van der Waals surface area contributed by atoms with Crippen LogP contribution >= 0.6 is 0 Å². The van der Waals surface area contributed by atoms with Crippen LogP contribution in [0.25, 0.3) is 11.3 Å². The van der Waals surface area contributed by atoms with Crippen molar-refractivity contribution in [1.82, 2.24) is 20.3 Å². The van der Waals surface area contributed by atoms with Gasteiger partial charge in [0.2, 0.25) is 0 Å². The first-order valence-electron chi connectivity index (χ1n) is 8.58. The van der Waals surface area contributed by atoms with Crippen LogP contribution in [-0.4, -0.2) is 26.9 Å². The molecule has 8 heteroatoms. The lowest BCUT2D eigenvalue weighted by atomic mass is 10.1. The minimum Gasteiger partial charge on any atom is -0.490 e. The molecule has 1 atom stereocenters. The van der Waals surface area contributed by atoms with Gasteiger partial charge in [0.1, 0.15) is 23.2 Å². The van der Waals surface area contributed by atoms with E-state index < -0.39 is 5.91 Å². The number of benzene rings is 1. The van der Waals surface area contributed by atoms with Crippen molar-refractivity contribution < 1.29 is 14.1 Å².